The highest BCUT2D eigenvalue weighted by Crippen LogP contribution is 2.19. The van der Waals surface area contributed by atoms with E-state index in [1.165, 1.54) is 6.07 Å². The Labute approximate surface area is 130 Å². The van der Waals surface area contributed by atoms with E-state index in [-0.39, 0.29) is 5.91 Å². The van der Waals surface area contributed by atoms with Crippen molar-refractivity contribution in [1.29, 1.82) is 0 Å². The fourth-order valence-electron chi connectivity index (χ4n) is 1.63. The van der Waals surface area contributed by atoms with Crippen LogP contribution < -0.4 is 10.0 Å². The number of aromatic nitrogens is 1. The SMILES string of the molecule is CS(=O)(=O)Nc1cccc(NC(=O)c2cccnc2Br)c1. The monoisotopic (exact) mass is 369 g/mol. The Morgan fingerprint density at radius 1 is 1.19 bits per heavy atom. The van der Waals surface area contributed by atoms with Crippen molar-refractivity contribution in [1.82, 2.24) is 4.98 Å². The predicted octanol–water partition coefficient (Wildman–Crippen LogP) is 2.47. The molecule has 0 radical (unpaired) electrons. The van der Waals surface area contributed by atoms with E-state index >= 15 is 0 Å². The smallest absolute Gasteiger partial charge is 0.258 e. The average Bonchev–Trinajstić information content (AvgIpc) is 2.37. The van der Waals surface area contributed by atoms with Gasteiger partial charge in [-0.3, -0.25) is 9.52 Å². The maximum absolute atomic E-state index is 12.1. The van der Waals surface area contributed by atoms with E-state index in [0.29, 0.717) is 21.5 Å². The molecule has 0 fully saturated rings. The molecule has 1 aromatic carbocycles. The van der Waals surface area contributed by atoms with Crippen LogP contribution in [0.5, 0.6) is 0 Å². The van der Waals surface area contributed by atoms with Crippen molar-refractivity contribution >= 4 is 43.2 Å². The molecule has 0 atom stereocenters. The molecule has 1 aromatic heterocycles. The van der Waals surface area contributed by atoms with Crippen LogP contribution in [0.1, 0.15) is 10.4 Å². The number of carbonyl (C=O) groups excluding carboxylic acids is 1. The maximum Gasteiger partial charge on any atom is 0.258 e. The summed E-state index contributed by atoms with van der Waals surface area (Å²) in [5.41, 5.74) is 1.24. The summed E-state index contributed by atoms with van der Waals surface area (Å²) in [6.45, 7) is 0. The van der Waals surface area contributed by atoms with Crippen LogP contribution in [0.4, 0.5) is 11.4 Å². The lowest BCUT2D eigenvalue weighted by molar-refractivity contribution is 0.102. The van der Waals surface area contributed by atoms with E-state index in [9.17, 15) is 13.2 Å². The van der Waals surface area contributed by atoms with Gasteiger partial charge in [0.1, 0.15) is 4.60 Å². The Morgan fingerprint density at radius 2 is 1.90 bits per heavy atom. The Kier molecular flexibility index (Phi) is 4.59. The molecule has 0 spiro atoms. The van der Waals surface area contributed by atoms with Gasteiger partial charge in [0.15, 0.2) is 0 Å². The summed E-state index contributed by atoms with van der Waals surface area (Å²) < 4.78 is 25.2. The molecule has 110 valence electrons. The normalized spacial score (nSPS) is 11.0. The lowest BCUT2D eigenvalue weighted by Gasteiger charge is -2.09. The van der Waals surface area contributed by atoms with Crippen molar-refractivity contribution in [3.05, 3.63) is 52.8 Å². The van der Waals surface area contributed by atoms with E-state index in [0.717, 1.165) is 6.26 Å². The van der Waals surface area contributed by atoms with E-state index in [1.54, 1.807) is 36.5 Å². The summed E-state index contributed by atoms with van der Waals surface area (Å²) in [6.07, 6.45) is 2.63. The Morgan fingerprint density at radius 3 is 2.57 bits per heavy atom. The zero-order valence-electron chi connectivity index (χ0n) is 11.0. The summed E-state index contributed by atoms with van der Waals surface area (Å²) in [5.74, 6) is -0.341. The number of sulfonamides is 1. The van der Waals surface area contributed by atoms with Gasteiger partial charge in [0.05, 0.1) is 17.5 Å². The molecular weight excluding hydrogens is 358 g/mol. The highest BCUT2D eigenvalue weighted by molar-refractivity contribution is 9.10. The van der Waals surface area contributed by atoms with E-state index in [4.69, 9.17) is 0 Å². The van der Waals surface area contributed by atoms with Gasteiger partial charge in [-0.15, -0.1) is 0 Å². The van der Waals surface area contributed by atoms with Crippen molar-refractivity contribution in [2.75, 3.05) is 16.3 Å². The number of carbonyl (C=O) groups is 1. The van der Waals surface area contributed by atoms with Crippen molar-refractivity contribution in [2.24, 2.45) is 0 Å². The van der Waals surface area contributed by atoms with Crippen molar-refractivity contribution in [2.45, 2.75) is 0 Å². The van der Waals surface area contributed by atoms with E-state index in [1.807, 2.05) is 0 Å². The van der Waals surface area contributed by atoms with Crippen LogP contribution in [0.15, 0.2) is 47.2 Å². The van der Waals surface area contributed by atoms with Gasteiger partial charge in [0, 0.05) is 11.9 Å². The molecule has 21 heavy (non-hydrogen) atoms. The molecule has 1 amide bonds. The van der Waals surface area contributed by atoms with Gasteiger partial charge < -0.3 is 5.32 Å². The number of nitrogens with one attached hydrogen (secondary N) is 2. The minimum atomic E-state index is -3.36. The van der Waals surface area contributed by atoms with Gasteiger partial charge in [-0.2, -0.15) is 0 Å². The van der Waals surface area contributed by atoms with Gasteiger partial charge in [0.25, 0.3) is 5.91 Å². The largest absolute Gasteiger partial charge is 0.322 e. The van der Waals surface area contributed by atoms with E-state index < -0.39 is 10.0 Å². The number of anilines is 2. The first-order valence-corrected chi connectivity index (χ1v) is 8.53. The predicted molar refractivity (Wildman–Crippen MR) is 84.8 cm³/mol. The van der Waals surface area contributed by atoms with Gasteiger partial charge in [-0.1, -0.05) is 6.07 Å². The molecule has 2 rings (SSSR count). The van der Waals surface area contributed by atoms with Crippen LogP contribution >= 0.6 is 15.9 Å². The first-order chi connectivity index (χ1) is 9.85. The van der Waals surface area contributed by atoms with Crippen molar-refractivity contribution < 1.29 is 13.2 Å². The highest BCUT2D eigenvalue weighted by Gasteiger charge is 2.11. The lowest BCUT2D eigenvalue weighted by Crippen LogP contribution is -2.14. The summed E-state index contributed by atoms with van der Waals surface area (Å²) in [7, 11) is -3.36. The summed E-state index contributed by atoms with van der Waals surface area (Å²) in [6, 6.07) is 9.71. The van der Waals surface area contributed by atoms with Gasteiger partial charge in [0.2, 0.25) is 10.0 Å². The summed E-state index contributed by atoms with van der Waals surface area (Å²) in [4.78, 5) is 16.1. The molecular formula is C13H12BrN3O3S. The van der Waals surface area contributed by atoms with Gasteiger partial charge in [-0.05, 0) is 46.3 Å². The molecule has 6 nitrogen and oxygen atoms in total. The topological polar surface area (TPSA) is 88.2 Å². The quantitative estimate of drug-likeness (QED) is 0.810. The van der Waals surface area contributed by atoms with Crippen LogP contribution in [-0.2, 0) is 10.0 Å². The number of rotatable bonds is 4. The molecule has 0 aliphatic rings. The molecule has 1 heterocycles. The second kappa shape index (κ2) is 6.23. The molecule has 0 saturated carbocycles. The number of benzene rings is 1. The van der Waals surface area contributed by atoms with Gasteiger partial charge >= 0.3 is 0 Å². The van der Waals surface area contributed by atoms with Crippen LogP contribution in [0, 0.1) is 0 Å². The Bertz CT molecular complexity index is 778. The van der Waals surface area contributed by atoms with Crippen LogP contribution in [0.2, 0.25) is 0 Å². The molecule has 0 unspecified atom stereocenters. The minimum absolute atomic E-state index is 0.341. The molecule has 8 heteroatoms. The number of nitrogens with zero attached hydrogens (tertiary/aromatic N) is 1. The number of hydrogen-bond donors (Lipinski definition) is 2. The van der Waals surface area contributed by atoms with Crippen molar-refractivity contribution in [3.63, 3.8) is 0 Å². The second-order valence-corrected chi connectivity index (χ2v) is 6.75. The van der Waals surface area contributed by atoms with Crippen LogP contribution in [-0.4, -0.2) is 25.6 Å². The first-order valence-electron chi connectivity index (χ1n) is 5.85. The Hall–Kier alpha value is -1.93. The first kappa shape index (κ1) is 15.5. The van der Waals surface area contributed by atoms with Crippen LogP contribution in [0.3, 0.4) is 0 Å². The third-order valence-corrected chi connectivity index (χ3v) is 3.67. The highest BCUT2D eigenvalue weighted by atomic mass is 79.9. The summed E-state index contributed by atoms with van der Waals surface area (Å²) >= 11 is 3.20. The average molecular weight is 370 g/mol. The third-order valence-electron chi connectivity index (χ3n) is 2.43. The number of amides is 1. The molecule has 2 aromatic rings. The second-order valence-electron chi connectivity index (χ2n) is 4.25. The van der Waals surface area contributed by atoms with Crippen LogP contribution in [0.25, 0.3) is 0 Å². The fraction of sp³-hybridized carbons (Fsp3) is 0.0769. The third kappa shape index (κ3) is 4.54. The summed E-state index contributed by atoms with van der Waals surface area (Å²) in [5, 5.41) is 2.68. The van der Waals surface area contributed by atoms with Crippen molar-refractivity contribution in [3.8, 4) is 0 Å². The number of halogens is 1. The minimum Gasteiger partial charge on any atom is -0.322 e. The standard InChI is InChI=1S/C13H12BrN3O3S/c1-21(19,20)17-10-5-2-4-9(8-10)16-13(18)11-6-3-7-15-12(11)14/h2-8,17H,1H3,(H,16,18). The molecule has 2 N–H and O–H groups in total. The fourth-order valence-corrected chi connectivity index (χ4v) is 2.61. The molecule has 0 saturated heterocycles. The Balaban J connectivity index is 2.19. The zero-order chi connectivity index (χ0) is 15.5. The van der Waals surface area contributed by atoms with Gasteiger partial charge in [-0.25, -0.2) is 13.4 Å². The zero-order valence-corrected chi connectivity index (χ0v) is 13.4. The lowest BCUT2D eigenvalue weighted by atomic mass is 10.2. The number of hydrogen-bond acceptors (Lipinski definition) is 4. The molecule has 0 bridgehead atoms. The number of pyridine rings is 1. The molecule has 0 aliphatic carbocycles. The van der Waals surface area contributed by atoms with E-state index in [2.05, 4.69) is 31.0 Å². The molecule has 0 aliphatic heterocycles. The maximum atomic E-state index is 12.1.